The van der Waals surface area contributed by atoms with Gasteiger partial charge in [-0.05, 0) is 52.9 Å². The van der Waals surface area contributed by atoms with Gasteiger partial charge in [-0.2, -0.15) is 0 Å². The van der Waals surface area contributed by atoms with Gasteiger partial charge >= 0.3 is 6.09 Å². The van der Waals surface area contributed by atoms with E-state index in [0.29, 0.717) is 39.0 Å². The molecule has 28 heavy (non-hydrogen) atoms. The first-order valence-corrected chi connectivity index (χ1v) is 10.4. The summed E-state index contributed by atoms with van der Waals surface area (Å²) >= 11 is 0. The molecule has 8 nitrogen and oxygen atoms in total. The molecule has 0 radical (unpaired) electrons. The first-order valence-electron chi connectivity index (χ1n) is 10.4. The number of amides is 3. The highest BCUT2D eigenvalue weighted by Crippen LogP contribution is 2.24. The van der Waals surface area contributed by atoms with E-state index in [1.165, 1.54) is 0 Å². The van der Waals surface area contributed by atoms with Gasteiger partial charge in [0.2, 0.25) is 5.91 Å². The molecule has 2 rings (SSSR count). The van der Waals surface area contributed by atoms with Crippen molar-refractivity contribution in [2.75, 3.05) is 26.2 Å². The zero-order chi connectivity index (χ0) is 20.7. The second kappa shape index (κ2) is 10.1. The number of alkyl carbamates (subject to hydrolysis) is 1. The molecule has 3 atom stereocenters. The summed E-state index contributed by atoms with van der Waals surface area (Å²) in [5, 5.41) is 5.62. The maximum Gasteiger partial charge on any atom is 0.407 e. The Hall–Kier alpha value is -1.83. The van der Waals surface area contributed by atoms with Crippen LogP contribution < -0.4 is 10.6 Å². The van der Waals surface area contributed by atoms with Crippen LogP contribution in [0.25, 0.3) is 0 Å². The number of carbonyl (C=O) groups is 3. The Kier molecular flexibility index (Phi) is 8.10. The predicted molar refractivity (Wildman–Crippen MR) is 105 cm³/mol. The fraction of sp³-hybridized carbons (Fsp3) is 0.850. The Labute approximate surface area is 167 Å². The minimum atomic E-state index is -0.548. The Morgan fingerprint density at radius 2 is 1.89 bits per heavy atom. The Balaban J connectivity index is 1.77. The molecule has 2 N–H and O–H groups in total. The number of rotatable bonds is 6. The third-order valence-electron chi connectivity index (χ3n) is 4.91. The molecule has 0 bridgehead atoms. The number of nitrogens with zero attached hydrogens (tertiary/aromatic N) is 1. The smallest absolute Gasteiger partial charge is 0.407 e. The molecule has 0 aromatic heterocycles. The Morgan fingerprint density at radius 3 is 2.57 bits per heavy atom. The fourth-order valence-corrected chi connectivity index (χ4v) is 3.54. The van der Waals surface area contributed by atoms with Crippen LogP contribution in [0.3, 0.4) is 0 Å². The Morgan fingerprint density at radius 1 is 1.14 bits per heavy atom. The predicted octanol–water partition coefficient (Wildman–Crippen LogP) is 1.82. The maximum absolute atomic E-state index is 12.8. The van der Waals surface area contributed by atoms with E-state index in [2.05, 4.69) is 10.6 Å². The number of likely N-dealkylation sites (tertiary alicyclic amines) is 1. The number of piperidine rings is 1. The van der Waals surface area contributed by atoms with E-state index < -0.39 is 17.8 Å². The van der Waals surface area contributed by atoms with Crippen LogP contribution in [0.5, 0.6) is 0 Å². The summed E-state index contributed by atoms with van der Waals surface area (Å²) in [6.07, 6.45) is 2.69. The van der Waals surface area contributed by atoms with Crippen molar-refractivity contribution in [2.24, 2.45) is 5.92 Å². The summed E-state index contributed by atoms with van der Waals surface area (Å²) in [5.74, 6) is -0.158. The highest BCUT2D eigenvalue weighted by molar-refractivity contribution is 5.83. The van der Waals surface area contributed by atoms with Gasteiger partial charge in [0.05, 0.1) is 12.0 Å². The van der Waals surface area contributed by atoms with Crippen LogP contribution in [0.1, 0.15) is 59.8 Å². The lowest BCUT2D eigenvalue weighted by atomic mass is 9.96. The second-order valence-corrected chi connectivity index (χ2v) is 8.62. The third-order valence-corrected chi connectivity index (χ3v) is 4.91. The van der Waals surface area contributed by atoms with Gasteiger partial charge in [0.15, 0.2) is 0 Å². The first-order chi connectivity index (χ1) is 13.2. The Bertz CT molecular complexity index is 561. The van der Waals surface area contributed by atoms with E-state index in [4.69, 9.17) is 9.47 Å². The van der Waals surface area contributed by atoms with E-state index in [1.54, 1.807) is 4.90 Å². The number of hydrogen-bond donors (Lipinski definition) is 2. The van der Waals surface area contributed by atoms with E-state index in [0.717, 1.165) is 19.3 Å². The molecule has 2 heterocycles. The lowest BCUT2D eigenvalue weighted by molar-refractivity contribution is -0.145. The largest absolute Gasteiger partial charge is 0.444 e. The second-order valence-electron chi connectivity index (χ2n) is 8.62. The highest BCUT2D eigenvalue weighted by Gasteiger charge is 2.36. The summed E-state index contributed by atoms with van der Waals surface area (Å²) in [6, 6.07) is 0. The zero-order valence-electron chi connectivity index (χ0n) is 17.6. The molecule has 3 amide bonds. The lowest BCUT2D eigenvalue weighted by Gasteiger charge is -2.33. The van der Waals surface area contributed by atoms with Crippen LogP contribution in [0.2, 0.25) is 0 Å². The molecule has 0 aliphatic carbocycles. The SMILES string of the molecule is CCCNC(=O)[C@@H]1CCCN(C(=O)[C@@H]2CC[C@@H](CNC(=O)OC(C)(C)C)O2)C1. The molecule has 0 aromatic rings. The minimum Gasteiger partial charge on any atom is -0.444 e. The molecule has 8 heteroatoms. The molecule has 0 unspecified atom stereocenters. The van der Waals surface area contributed by atoms with Crippen LogP contribution in [-0.2, 0) is 19.1 Å². The van der Waals surface area contributed by atoms with Crippen LogP contribution in [0, 0.1) is 5.92 Å². The number of carbonyl (C=O) groups excluding carboxylic acids is 3. The fourth-order valence-electron chi connectivity index (χ4n) is 3.54. The van der Waals surface area contributed by atoms with Crippen molar-refractivity contribution in [1.29, 1.82) is 0 Å². The van der Waals surface area contributed by atoms with E-state index in [9.17, 15) is 14.4 Å². The van der Waals surface area contributed by atoms with E-state index in [-0.39, 0.29) is 23.8 Å². The van der Waals surface area contributed by atoms with Gasteiger partial charge < -0.3 is 25.0 Å². The number of hydrogen-bond acceptors (Lipinski definition) is 5. The zero-order valence-corrected chi connectivity index (χ0v) is 17.6. The van der Waals surface area contributed by atoms with Gasteiger partial charge in [-0.1, -0.05) is 6.92 Å². The topological polar surface area (TPSA) is 97.0 Å². The van der Waals surface area contributed by atoms with E-state index >= 15 is 0 Å². The summed E-state index contributed by atoms with van der Waals surface area (Å²) in [4.78, 5) is 38.5. The summed E-state index contributed by atoms with van der Waals surface area (Å²) in [7, 11) is 0. The molecular formula is C20H35N3O5. The highest BCUT2D eigenvalue weighted by atomic mass is 16.6. The molecular weight excluding hydrogens is 362 g/mol. The van der Waals surface area contributed by atoms with E-state index in [1.807, 2.05) is 27.7 Å². The van der Waals surface area contributed by atoms with Crippen molar-refractivity contribution in [3.05, 3.63) is 0 Å². The van der Waals surface area contributed by atoms with Crippen molar-refractivity contribution >= 4 is 17.9 Å². The van der Waals surface area contributed by atoms with Gasteiger partial charge in [0.25, 0.3) is 5.91 Å². The van der Waals surface area contributed by atoms with Crippen LogP contribution in [0.15, 0.2) is 0 Å². The monoisotopic (exact) mass is 397 g/mol. The molecule has 2 fully saturated rings. The lowest BCUT2D eigenvalue weighted by Crippen LogP contribution is -2.48. The van der Waals surface area contributed by atoms with Gasteiger partial charge in [-0.25, -0.2) is 4.79 Å². The van der Waals surface area contributed by atoms with Crippen molar-refractivity contribution in [3.63, 3.8) is 0 Å². The maximum atomic E-state index is 12.8. The van der Waals surface area contributed by atoms with Crippen LogP contribution >= 0.6 is 0 Å². The van der Waals surface area contributed by atoms with Gasteiger partial charge in [0, 0.05) is 26.2 Å². The van der Waals surface area contributed by atoms with Crippen molar-refractivity contribution in [3.8, 4) is 0 Å². The third kappa shape index (κ3) is 6.96. The molecule has 0 saturated carbocycles. The average Bonchev–Trinajstić information content (AvgIpc) is 3.11. The van der Waals surface area contributed by atoms with Crippen LogP contribution in [0.4, 0.5) is 4.79 Å². The summed E-state index contributed by atoms with van der Waals surface area (Å²) in [6.45, 7) is 9.54. The minimum absolute atomic E-state index is 0.0335. The molecule has 2 aliphatic heterocycles. The molecule has 0 spiro atoms. The first kappa shape index (κ1) is 22.5. The summed E-state index contributed by atoms with van der Waals surface area (Å²) < 4.78 is 11.1. The van der Waals surface area contributed by atoms with Crippen LogP contribution in [-0.4, -0.2) is 66.8 Å². The quantitative estimate of drug-likeness (QED) is 0.713. The van der Waals surface area contributed by atoms with Crippen molar-refractivity contribution < 1.29 is 23.9 Å². The van der Waals surface area contributed by atoms with Crippen molar-refractivity contribution in [2.45, 2.75) is 77.6 Å². The normalized spacial score (nSPS) is 25.3. The molecule has 160 valence electrons. The van der Waals surface area contributed by atoms with Gasteiger partial charge in [-0.15, -0.1) is 0 Å². The van der Waals surface area contributed by atoms with Gasteiger partial charge in [-0.3, -0.25) is 9.59 Å². The molecule has 0 aromatic carbocycles. The standard InChI is InChI=1S/C20H35N3O5/c1-5-10-21-17(24)14-7-6-11-23(13-14)18(25)16-9-8-15(27-16)12-22-19(26)28-20(2,3)4/h14-16H,5-13H2,1-4H3,(H,21,24)(H,22,26)/t14-,15+,16+/m1/s1. The summed E-state index contributed by atoms with van der Waals surface area (Å²) in [5.41, 5.74) is -0.548. The average molecular weight is 398 g/mol. The van der Waals surface area contributed by atoms with Crippen molar-refractivity contribution in [1.82, 2.24) is 15.5 Å². The molecule has 2 saturated heterocycles. The number of nitrogens with one attached hydrogen (secondary N) is 2. The number of ether oxygens (including phenoxy) is 2. The van der Waals surface area contributed by atoms with Gasteiger partial charge in [0.1, 0.15) is 11.7 Å². The molecule has 2 aliphatic rings.